The first kappa shape index (κ1) is 29.2. The number of hydrogen-bond donors (Lipinski definition) is 2. The van der Waals surface area contributed by atoms with Gasteiger partial charge in [-0.25, -0.2) is 4.79 Å². The second kappa shape index (κ2) is 12.0. The minimum Gasteiger partial charge on any atom is -0.496 e. The Hall–Kier alpha value is -3.34. The number of methoxy groups -OCH3 is 1. The van der Waals surface area contributed by atoms with Crippen LogP contribution >= 0.6 is 39.1 Å². The van der Waals surface area contributed by atoms with Crippen molar-refractivity contribution in [1.82, 2.24) is 5.32 Å². The molecule has 1 atom stereocenters. The number of nitrogens with zero attached hydrogens (tertiary/aromatic N) is 1. The zero-order valence-electron chi connectivity index (χ0n) is 20.8. The van der Waals surface area contributed by atoms with E-state index < -0.39 is 34.3 Å². The van der Waals surface area contributed by atoms with E-state index in [1.807, 2.05) is 0 Å². The maximum Gasteiger partial charge on any atom is 0.412 e. The van der Waals surface area contributed by atoms with Crippen LogP contribution in [0.3, 0.4) is 0 Å². The summed E-state index contributed by atoms with van der Waals surface area (Å²) in [6, 6.07) is 13.5. The lowest BCUT2D eigenvalue weighted by Crippen LogP contribution is -2.30. The summed E-state index contributed by atoms with van der Waals surface area (Å²) in [6.07, 6.45) is -0.880. The number of nitro benzene ring substituents is 1. The van der Waals surface area contributed by atoms with E-state index >= 15 is 0 Å². The monoisotopic (exact) mass is 623 g/mol. The molecule has 0 radical (unpaired) electrons. The molecule has 3 aromatic rings. The van der Waals surface area contributed by atoms with Crippen LogP contribution in [-0.2, 0) is 4.74 Å². The largest absolute Gasteiger partial charge is 0.496 e. The van der Waals surface area contributed by atoms with Crippen molar-refractivity contribution in [1.29, 1.82) is 0 Å². The molecule has 0 heterocycles. The Morgan fingerprint density at radius 3 is 2.24 bits per heavy atom. The Bertz CT molecular complexity index is 1380. The number of nitrogens with one attached hydrogen (secondary N) is 2. The highest BCUT2D eigenvalue weighted by molar-refractivity contribution is 9.10. The van der Waals surface area contributed by atoms with Crippen molar-refractivity contribution in [2.75, 3.05) is 12.4 Å². The summed E-state index contributed by atoms with van der Waals surface area (Å²) in [5.41, 5.74) is -0.264. The second-order valence-corrected chi connectivity index (χ2v) is 10.8. The van der Waals surface area contributed by atoms with Gasteiger partial charge in [0.1, 0.15) is 17.0 Å². The summed E-state index contributed by atoms with van der Waals surface area (Å²) in [5.74, 6) is -0.154. The predicted octanol–water partition coefficient (Wildman–Crippen LogP) is 7.54. The highest BCUT2D eigenvalue weighted by Crippen LogP contribution is 2.36. The second-order valence-electron chi connectivity index (χ2n) is 9.08. The summed E-state index contributed by atoms with van der Waals surface area (Å²) >= 11 is 15.5. The maximum atomic E-state index is 13.4. The van der Waals surface area contributed by atoms with Crippen LogP contribution in [0.25, 0.3) is 0 Å². The molecule has 0 aliphatic rings. The predicted molar refractivity (Wildman–Crippen MR) is 149 cm³/mol. The van der Waals surface area contributed by atoms with Gasteiger partial charge < -0.3 is 14.8 Å². The summed E-state index contributed by atoms with van der Waals surface area (Å²) in [4.78, 5) is 36.8. The minimum atomic E-state index is -0.880. The number of carbonyl (C=O) groups is 2. The van der Waals surface area contributed by atoms with Crippen molar-refractivity contribution < 1.29 is 24.0 Å². The zero-order chi connectivity index (χ0) is 28.2. The molecule has 38 heavy (non-hydrogen) atoms. The summed E-state index contributed by atoms with van der Waals surface area (Å²) in [5, 5.41) is 18.0. The fraction of sp³-hybridized carbons (Fsp3) is 0.231. The molecular formula is C26H24BrCl2N3O6. The van der Waals surface area contributed by atoms with E-state index in [9.17, 15) is 19.7 Å². The Morgan fingerprint density at radius 1 is 1.03 bits per heavy atom. The van der Waals surface area contributed by atoms with E-state index in [0.717, 1.165) is 6.07 Å². The smallest absolute Gasteiger partial charge is 0.412 e. The Balaban J connectivity index is 2.02. The molecule has 0 spiro atoms. The molecule has 3 aromatic carbocycles. The number of benzene rings is 3. The van der Waals surface area contributed by atoms with Crippen molar-refractivity contribution >= 4 is 62.5 Å². The van der Waals surface area contributed by atoms with Gasteiger partial charge in [-0.05, 0) is 78.7 Å². The first-order chi connectivity index (χ1) is 17.8. The van der Waals surface area contributed by atoms with Crippen molar-refractivity contribution in [2.45, 2.75) is 32.4 Å². The summed E-state index contributed by atoms with van der Waals surface area (Å²) in [7, 11) is 1.49. The summed E-state index contributed by atoms with van der Waals surface area (Å²) in [6.45, 7) is 4.99. The van der Waals surface area contributed by atoms with Gasteiger partial charge >= 0.3 is 6.09 Å². The van der Waals surface area contributed by atoms with E-state index in [4.69, 9.17) is 32.7 Å². The average Bonchev–Trinajstić information content (AvgIpc) is 2.82. The normalized spacial score (nSPS) is 11.9. The van der Waals surface area contributed by atoms with E-state index in [1.54, 1.807) is 63.2 Å². The average molecular weight is 625 g/mol. The van der Waals surface area contributed by atoms with E-state index in [2.05, 4.69) is 26.6 Å². The van der Waals surface area contributed by atoms with Crippen molar-refractivity contribution in [2.24, 2.45) is 0 Å². The van der Waals surface area contributed by atoms with Crippen LogP contribution in [0.2, 0.25) is 10.0 Å². The third-order valence-electron chi connectivity index (χ3n) is 5.14. The Labute approximate surface area is 237 Å². The van der Waals surface area contributed by atoms with Crippen molar-refractivity contribution in [3.63, 3.8) is 0 Å². The minimum absolute atomic E-state index is 0.0294. The lowest BCUT2D eigenvalue weighted by atomic mass is 9.97. The van der Waals surface area contributed by atoms with E-state index in [-0.39, 0.29) is 15.7 Å². The van der Waals surface area contributed by atoms with E-state index in [0.29, 0.717) is 26.9 Å². The van der Waals surface area contributed by atoms with Gasteiger partial charge in [-0.2, -0.15) is 0 Å². The number of halogens is 3. The van der Waals surface area contributed by atoms with Gasteiger partial charge in [0.05, 0.1) is 18.1 Å². The molecule has 0 aliphatic heterocycles. The topological polar surface area (TPSA) is 120 Å². The summed E-state index contributed by atoms with van der Waals surface area (Å²) < 4.78 is 10.8. The molecule has 2 N–H and O–H groups in total. The molecule has 0 bridgehead atoms. The van der Waals surface area contributed by atoms with Crippen molar-refractivity contribution in [3.05, 3.63) is 95.9 Å². The lowest BCUT2D eigenvalue weighted by Gasteiger charge is -2.23. The van der Waals surface area contributed by atoms with Gasteiger partial charge in [0.15, 0.2) is 0 Å². The quantitative estimate of drug-likeness (QED) is 0.207. The van der Waals surface area contributed by atoms with E-state index in [1.165, 1.54) is 13.2 Å². The van der Waals surface area contributed by atoms with Crippen LogP contribution in [-0.4, -0.2) is 29.6 Å². The lowest BCUT2D eigenvalue weighted by molar-refractivity contribution is -0.384. The molecule has 12 heteroatoms. The van der Waals surface area contributed by atoms with Crippen LogP contribution in [0.5, 0.6) is 5.75 Å². The molecule has 0 aromatic heterocycles. The van der Waals surface area contributed by atoms with Gasteiger partial charge in [0.25, 0.3) is 11.6 Å². The van der Waals surface area contributed by atoms with Crippen LogP contribution in [0, 0.1) is 10.1 Å². The zero-order valence-corrected chi connectivity index (χ0v) is 23.9. The third-order valence-corrected chi connectivity index (χ3v) is 6.25. The Kier molecular flexibility index (Phi) is 9.24. The number of amides is 2. The molecule has 0 fully saturated rings. The Morgan fingerprint density at radius 2 is 1.66 bits per heavy atom. The van der Waals surface area contributed by atoms with Gasteiger partial charge in [0, 0.05) is 31.7 Å². The standard InChI is InChI=1S/C26H24BrCl2N3O6/c1-26(2,3)38-25(34)31-23-19(27)11-15(12-20(23)32(35)36)24(33)30-22(14-5-7-16(28)8-6-14)18-13-17(29)9-10-21(18)37-4/h5-13,22H,1-4H3,(H,30,33)(H,31,34). The fourth-order valence-corrected chi connectivity index (χ4v) is 4.39. The molecule has 0 saturated carbocycles. The number of ether oxygens (including phenoxy) is 2. The highest BCUT2D eigenvalue weighted by Gasteiger charge is 2.27. The van der Waals surface area contributed by atoms with Crippen LogP contribution < -0.4 is 15.4 Å². The van der Waals surface area contributed by atoms with Gasteiger partial charge in [-0.3, -0.25) is 20.2 Å². The van der Waals surface area contributed by atoms with Crippen LogP contribution in [0.1, 0.15) is 48.3 Å². The van der Waals surface area contributed by atoms with Crippen molar-refractivity contribution in [3.8, 4) is 5.75 Å². The molecule has 9 nitrogen and oxygen atoms in total. The molecule has 3 rings (SSSR count). The van der Waals surface area contributed by atoms with Gasteiger partial charge in [-0.1, -0.05) is 35.3 Å². The van der Waals surface area contributed by atoms with Gasteiger partial charge in [-0.15, -0.1) is 0 Å². The first-order valence-corrected chi connectivity index (χ1v) is 12.7. The number of hydrogen-bond acceptors (Lipinski definition) is 6. The number of rotatable bonds is 7. The molecule has 1 unspecified atom stereocenters. The number of anilines is 1. The van der Waals surface area contributed by atoms with Gasteiger partial charge in [0.2, 0.25) is 0 Å². The number of nitro groups is 1. The molecule has 200 valence electrons. The van der Waals surface area contributed by atoms with Crippen LogP contribution in [0.15, 0.2) is 59.1 Å². The third kappa shape index (κ3) is 7.37. The first-order valence-electron chi connectivity index (χ1n) is 11.2. The SMILES string of the molecule is COc1ccc(Cl)cc1C(NC(=O)c1cc(Br)c(NC(=O)OC(C)(C)C)c([N+](=O)[O-])c1)c1ccc(Cl)cc1. The maximum absolute atomic E-state index is 13.4. The molecular weight excluding hydrogens is 601 g/mol. The fourth-order valence-electron chi connectivity index (χ4n) is 3.54. The number of carbonyl (C=O) groups excluding carboxylic acids is 2. The highest BCUT2D eigenvalue weighted by atomic mass is 79.9. The van der Waals surface area contributed by atoms with Crippen LogP contribution in [0.4, 0.5) is 16.2 Å². The molecule has 0 aliphatic carbocycles. The molecule has 2 amide bonds. The molecule has 0 saturated heterocycles.